The molecule has 0 aromatic heterocycles. The molecule has 0 amide bonds. The number of carbonyl (C=O) groups excluding carboxylic acids is 1. The lowest BCUT2D eigenvalue weighted by Gasteiger charge is -2.13. The third-order valence-corrected chi connectivity index (χ3v) is 3.42. The van der Waals surface area contributed by atoms with E-state index < -0.39 is 0 Å². The van der Waals surface area contributed by atoms with Gasteiger partial charge in [-0.2, -0.15) is 0 Å². The number of hydrogen-bond acceptors (Lipinski definition) is 4. The Hall–Kier alpha value is -2.24. The van der Waals surface area contributed by atoms with Crippen molar-refractivity contribution < 1.29 is 14.3 Å². The molecule has 0 heterocycles. The quantitative estimate of drug-likeness (QED) is 0.407. The number of rotatable bonds is 9. The van der Waals surface area contributed by atoms with Crippen LogP contribution in [0.25, 0.3) is 0 Å². The highest BCUT2D eigenvalue weighted by atomic mass is 16.5. The molecule has 0 aliphatic heterocycles. The maximum absolute atomic E-state index is 11.5. The summed E-state index contributed by atoms with van der Waals surface area (Å²) in [7, 11) is 1.68. The summed E-state index contributed by atoms with van der Waals surface area (Å²) in [6.07, 6.45) is 1.01. The average molecular weight is 349 g/mol. The standard InChI is InChI=1S/C19H31N3O3/c1-6-20-19(22-12-10-18(23)25-14(2)3)21-11-9-16-13-15(4)7-8-17(16)24-5/h7-8,13-14H,6,9-12H2,1-5H3,(H2,20,21,22). The fourth-order valence-electron chi connectivity index (χ4n) is 2.34. The van der Waals surface area contributed by atoms with Crippen LogP contribution in [0.2, 0.25) is 0 Å². The molecule has 0 unspecified atom stereocenters. The van der Waals surface area contributed by atoms with E-state index in [9.17, 15) is 4.79 Å². The molecule has 0 saturated carbocycles. The zero-order valence-electron chi connectivity index (χ0n) is 16.0. The lowest BCUT2D eigenvalue weighted by atomic mass is 10.1. The van der Waals surface area contributed by atoms with Crippen LogP contribution >= 0.6 is 0 Å². The van der Waals surface area contributed by atoms with E-state index in [-0.39, 0.29) is 18.5 Å². The van der Waals surface area contributed by atoms with E-state index >= 15 is 0 Å². The van der Waals surface area contributed by atoms with E-state index in [0.29, 0.717) is 12.5 Å². The summed E-state index contributed by atoms with van der Waals surface area (Å²) in [6.45, 7) is 9.64. The van der Waals surface area contributed by atoms with Crippen LogP contribution in [0, 0.1) is 6.92 Å². The minimum atomic E-state index is -0.223. The molecular formula is C19H31N3O3. The minimum absolute atomic E-state index is 0.0906. The Kier molecular flexibility index (Phi) is 9.43. The molecule has 0 aliphatic rings. The molecule has 2 N–H and O–H groups in total. The van der Waals surface area contributed by atoms with Gasteiger partial charge in [-0.25, -0.2) is 0 Å². The molecular weight excluding hydrogens is 318 g/mol. The van der Waals surface area contributed by atoms with Crippen molar-refractivity contribution in [2.24, 2.45) is 4.99 Å². The summed E-state index contributed by atoms with van der Waals surface area (Å²) < 4.78 is 10.5. The summed E-state index contributed by atoms with van der Waals surface area (Å²) in [5.74, 6) is 1.37. The number of aliphatic imine (C=N–C) groups is 1. The predicted molar refractivity (Wildman–Crippen MR) is 101 cm³/mol. The lowest BCUT2D eigenvalue weighted by Crippen LogP contribution is -2.38. The van der Waals surface area contributed by atoms with Gasteiger partial charge in [0.2, 0.25) is 0 Å². The number of aryl methyl sites for hydroxylation is 1. The topological polar surface area (TPSA) is 72.0 Å². The Labute approximate surface area is 151 Å². The van der Waals surface area contributed by atoms with E-state index in [1.807, 2.05) is 32.9 Å². The number of carbonyl (C=O) groups is 1. The number of hydrogen-bond donors (Lipinski definition) is 2. The molecule has 0 atom stereocenters. The first-order chi connectivity index (χ1) is 12.0. The molecule has 140 valence electrons. The monoisotopic (exact) mass is 349 g/mol. The van der Waals surface area contributed by atoms with Gasteiger partial charge in [-0.05, 0) is 45.7 Å². The van der Waals surface area contributed by atoms with E-state index in [0.717, 1.165) is 30.8 Å². The summed E-state index contributed by atoms with van der Waals surface area (Å²) in [5.41, 5.74) is 2.37. The van der Waals surface area contributed by atoms with Crippen molar-refractivity contribution in [3.05, 3.63) is 29.3 Å². The van der Waals surface area contributed by atoms with Crippen LogP contribution in [0.15, 0.2) is 23.2 Å². The highest BCUT2D eigenvalue weighted by Gasteiger charge is 2.06. The first kappa shape index (κ1) is 20.8. The molecule has 0 fully saturated rings. The molecule has 0 spiro atoms. The van der Waals surface area contributed by atoms with Gasteiger partial charge in [0.25, 0.3) is 0 Å². The second kappa shape index (κ2) is 11.3. The van der Waals surface area contributed by atoms with Crippen molar-refractivity contribution in [3.8, 4) is 5.75 Å². The van der Waals surface area contributed by atoms with Crippen LogP contribution in [0.4, 0.5) is 0 Å². The molecule has 0 saturated heterocycles. The summed E-state index contributed by atoms with van der Waals surface area (Å²) in [4.78, 5) is 16.0. The second-order valence-electron chi connectivity index (χ2n) is 6.04. The Balaban J connectivity index is 2.51. The average Bonchev–Trinajstić information content (AvgIpc) is 2.54. The third-order valence-electron chi connectivity index (χ3n) is 3.42. The zero-order valence-corrected chi connectivity index (χ0v) is 16.0. The van der Waals surface area contributed by atoms with Crippen LogP contribution in [-0.4, -0.2) is 44.8 Å². The Morgan fingerprint density at radius 1 is 1.28 bits per heavy atom. The highest BCUT2D eigenvalue weighted by Crippen LogP contribution is 2.19. The SMILES string of the molecule is CCNC(=NCCC(=O)OC(C)C)NCCc1cc(C)ccc1OC. The van der Waals surface area contributed by atoms with Crippen LogP contribution in [-0.2, 0) is 16.0 Å². The van der Waals surface area contributed by atoms with Gasteiger partial charge >= 0.3 is 5.97 Å². The molecule has 1 aromatic rings. The normalized spacial score (nSPS) is 11.4. The molecule has 1 rings (SSSR count). The van der Waals surface area contributed by atoms with Crippen LogP contribution < -0.4 is 15.4 Å². The molecule has 0 radical (unpaired) electrons. The summed E-state index contributed by atoms with van der Waals surface area (Å²) in [5, 5.41) is 6.46. The Bertz CT molecular complexity index is 571. The van der Waals surface area contributed by atoms with Crippen molar-refractivity contribution in [3.63, 3.8) is 0 Å². The first-order valence-electron chi connectivity index (χ1n) is 8.81. The number of ether oxygens (including phenoxy) is 2. The van der Waals surface area contributed by atoms with Gasteiger partial charge < -0.3 is 20.1 Å². The number of guanidine groups is 1. The molecule has 6 nitrogen and oxygen atoms in total. The maximum atomic E-state index is 11.5. The fourth-order valence-corrected chi connectivity index (χ4v) is 2.34. The number of methoxy groups -OCH3 is 1. The molecule has 1 aromatic carbocycles. The minimum Gasteiger partial charge on any atom is -0.496 e. The lowest BCUT2D eigenvalue weighted by molar-refractivity contribution is -0.147. The smallest absolute Gasteiger partial charge is 0.307 e. The van der Waals surface area contributed by atoms with Gasteiger partial charge in [-0.1, -0.05) is 17.7 Å². The maximum Gasteiger partial charge on any atom is 0.307 e. The van der Waals surface area contributed by atoms with E-state index in [1.54, 1.807) is 7.11 Å². The predicted octanol–water partition coefficient (Wildman–Crippen LogP) is 2.44. The molecule has 0 bridgehead atoms. The van der Waals surface area contributed by atoms with Gasteiger partial charge in [0.15, 0.2) is 5.96 Å². The summed E-state index contributed by atoms with van der Waals surface area (Å²) >= 11 is 0. The molecule has 0 aliphatic carbocycles. The van der Waals surface area contributed by atoms with Crippen molar-refractivity contribution in [1.29, 1.82) is 0 Å². The Morgan fingerprint density at radius 2 is 2.04 bits per heavy atom. The second-order valence-corrected chi connectivity index (χ2v) is 6.04. The first-order valence-corrected chi connectivity index (χ1v) is 8.81. The van der Waals surface area contributed by atoms with Crippen molar-refractivity contribution >= 4 is 11.9 Å². The van der Waals surface area contributed by atoms with Crippen molar-refractivity contribution in [1.82, 2.24) is 10.6 Å². The van der Waals surface area contributed by atoms with Gasteiger partial charge in [-0.15, -0.1) is 0 Å². The van der Waals surface area contributed by atoms with Gasteiger partial charge in [-0.3, -0.25) is 9.79 Å². The van der Waals surface area contributed by atoms with Gasteiger partial charge in [0, 0.05) is 13.1 Å². The van der Waals surface area contributed by atoms with Gasteiger partial charge in [0.05, 0.1) is 26.2 Å². The fraction of sp³-hybridized carbons (Fsp3) is 0.579. The van der Waals surface area contributed by atoms with Crippen molar-refractivity contribution in [2.45, 2.75) is 46.6 Å². The highest BCUT2D eigenvalue weighted by molar-refractivity contribution is 5.80. The van der Waals surface area contributed by atoms with E-state index in [1.165, 1.54) is 5.56 Å². The third kappa shape index (κ3) is 8.42. The molecule has 25 heavy (non-hydrogen) atoms. The number of esters is 1. The summed E-state index contributed by atoms with van der Waals surface area (Å²) in [6, 6.07) is 6.16. The largest absolute Gasteiger partial charge is 0.496 e. The van der Waals surface area contributed by atoms with Crippen LogP contribution in [0.1, 0.15) is 38.3 Å². The van der Waals surface area contributed by atoms with Crippen LogP contribution in [0.3, 0.4) is 0 Å². The van der Waals surface area contributed by atoms with E-state index in [4.69, 9.17) is 9.47 Å². The number of nitrogens with zero attached hydrogens (tertiary/aromatic N) is 1. The van der Waals surface area contributed by atoms with Crippen LogP contribution in [0.5, 0.6) is 5.75 Å². The number of benzene rings is 1. The number of nitrogens with one attached hydrogen (secondary N) is 2. The van der Waals surface area contributed by atoms with Gasteiger partial charge in [0.1, 0.15) is 5.75 Å². The van der Waals surface area contributed by atoms with Crippen molar-refractivity contribution in [2.75, 3.05) is 26.7 Å². The molecule has 6 heteroatoms. The van der Waals surface area contributed by atoms with E-state index in [2.05, 4.69) is 28.6 Å². The Morgan fingerprint density at radius 3 is 2.68 bits per heavy atom. The zero-order chi connectivity index (χ0) is 18.7.